The third-order valence-corrected chi connectivity index (χ3v) is 2.99. The summed E-state index contributed by atoms with van der Waals surface area (Å²) in [5.74, 6) is -0.325. The molecule has 0 radical (unpaired) electrons. The fourth-order valence-electron chi connectivity index (χ4n) is 1.50. The van der Waals surface area contributed by atoms with Crippen LogP contribution < -0.4 is 4.74 Å². The van der Waals surface area contributed by atoms with E-state index in [0.717, 1.165) is 0 Å². The van der Waals surface area contributed by atoms with Crippen LogP contribution in [0.5, 0.6) is 5.75 Å². The largest absolute Gasteiger partial charge is 0.573 e. The first-order chi connectivity index (χ1) is 8.87. The predicted molar refractivity (Wildman–Crippen MR) is 66.4 cm³/mol. The molecule has 100 valence electrons. The second kappa shape index (κ2) is 5.27. The maximum atomic E-state index is 12.1. The topological polar surface area (TPSA) is 22.1 Å². The zero-order chi connectivity index (χ0) is 14.0. The van der Waals surface area contributed by atoms with Crippen LogP contribution in [0.2, 0.25) is 10.2 Å². The molecular formula is C12H6Cl2F3NO. The minimum Gasteiger partial charge on any atom is -0.406 e. The number of hydrogen-bond donors (Lipinski definition) is 0. The average molecular weight is 308 g/mol. The number of rotatable bonds is 2. The summed E-state index contributed by atoms with van der Waals surface area (Å²) in [7, 11) is 0. The molecule has 0 N–H and O–H groups in total. The molecule has 0 saturated heterocycles. The van der Waals surface area contributed by atoms with Gasteiger partial charge in [-0.05, 0) is 23.8 Å². The first-order valence-electron chi connectivity index (χ1n) is 5.03. The molecule has 2 nitrogen and oxygen atoms in total. The molecule has 1 heterocycles. The second-order valence-electron chi connectivity index (χ2n) is 3.54. The minimum absolute atomic E-state index is 0.0845. The van der Waals surface area contributed by atoms with Gasteiger partial charge >= 0.3 is 6.36 Å². The summed E-state index contributed by atoms with van der Waals surface area (Å²) in [6.07, 6.45) is -3.32. The number of nitrogens with zero attached hydrogens (tertiary/aromatic N) is 1. The smallest absolute Gasteiger partial charge is 0.406 e. The van der Waals surface area contributed by atoms with E-state index in [9.17, 15) is 13.2 Å². The van der Waals surface area contributed by atoms with Crippen LogP contribution in [0.4, 0.5) is 13.2 Å². The van der Waals surface area contributed by atoms with Gasteiger partial charge in [-0.15, -0.1) is 13.2 Å². The van der Waals surface area contributed by atoms with Crippen LogP contribution in [-0.2, 0) is 0 Å². The van der Waals surface area contributed by atoms with Crippen LogP contribution in [0.3, 0.4) is 0 Å². The van der Waals surface area contributed by atoms with Gasteiger partial charge in [-0.3, -0.25) is 0 Å². The Bertz CT molecular complexity index is 602. The maximum absolute atomic E-state index is 12.1. The van der Waals surface area contributed by atoms with E-state index < -0.39 is 6.36 Å². The Kier molecular flexibility index (Phi) is 3.87. The molecule has 0 amide bonds. The molecule has 0 spiro atoms. The molecular weight excluding hydrogens is 302 g/mol. The molecule has 7 heteroatoms. The van der Waals surface area contributed by atoms with E-state index in [-0.39, 0.29) is 15.9 Å². The van der Waals surface area contributed by atoms with Crippen molar-refractivity contribution in [1.29, 1.82) is 0 Å². The Labute approximate surface area is 116 Å². The monoisotopic (exact) mass is 307 g/mol. The normalized spacial score (nSPS) is 11.4. The molecule has 0 fully saturated rings. The molecule has 0 unspecified atom stereocenters. The molecule has 1 aromatic heterocycles. The number of aromatic nitrogens is 1. The van der Waals surface area contributed by atoms with Gasteiger partial charge in [-0.2, -0.15) is 0 Å². The molecule has 0 bridgehead atoms. The summed E-state index contributed by atoms with van der Waals surface area (Å²) in [5.41, 5.74) is 0.936. The molecule has 1 aromatic carbocycles. The highest BCUT2D eigenvalue weighted by Gasteiger charge is 2.31. The number of hydrogen-bond acceptors (Lipinski definition) is 2. The standard InChI is InChI=1S/C12H6Cl2F3NO/c13-10-9(4-5-18-11(10)14)7-2-1-3-8(6-7)19-12(15,16)17/h1-6H. The molecule has 0 atom stereocenters. The van der Waals surface area contributed by atoms with E-state index in [1.807, 2.05) is 0 Å². The highest BCUT2D eigenvalue weighted by Crippen LogP contribution is 2.34. The Balaban J connectivity index is 2.41. The number of pyridine rings is 1. The summed E-state index contributed by atoms with van der Waals surface area (Å²) >= 11 is 11.7. The lowest BCUT2D eigenvalue weighted by atomic mass is 10.1. The first-order valence-corrected chi connectivity index (χ1v) is 5.78. The summed E-state index contributed by atoms with van der Waals surface area (Å²) in [5, 5.41) is 0.259. The number of benzene rings is 1. The Morgan fingerprint density at radius 3 is 2.53 bits per heavy atom. The van der Waals surface area contributed by atoms with Crippen LogP contribution in [0.25, 0.3) is 11.1 Å². The van der Waals surface area contributed by atoms with Crippen molar-refractivity contribution < 1.29 is 17.9 Å². The number of ether oxygens (including phenoxy) is 1. The van der Waals surface area contributed by atoms with Crippen molar-refractivity contribution >= 4 is 23.2 Å². The lowest BCUT2D eigenvalue weighted by Crippen LogP contribution is -2.17. The van der Waals surface area contributed by atoms with Crippen molar-refractivity contribution in [1.82, 2.24) is 4.98 Å². The van der Waals surface area contributed by atoms with Gasteiger partial charge in [0, 0.05) is 11.8 Å². The van der Waals surface area contributed by atoms with Crippen molar-refractivity contribution in [3.05, 3.63) is 46.7 Å². The van der Waals surface area contributed by atoms with Crippen molar-refractivity contribution in [2.45, 2.75) is 6.36 Å². The predicted octanol–water partition coefficient (Wildman–Crippen LogP) is 4.95. The van der Waals surface area contributed by atoms with E-state index in [0.29, 0.717) is 11.1 Å². The van der Waals surface area contributed by atoms with Gasteiger partial charge in [0.15, 0.2) is 0 Å². The van der Waals surface area contributed by atoms with E-state index in [2.05, 4.69) is 9.72 Å². The van der Waals surface area contributed by atoms with Gasteiger partial charge in [0.25, 0.3) is 0 Å². The SMILES string of the molecule is FC(F)(F)Oc1cccc(-c2ccnc(Cl)c2Cl)c1. The van der Waals surface area contributed by atoms with Crippen LogP contribution in [0, 0.1) is 0 Å². The minimum atomic E-state index is -4.74. The highest BCUT2D eigenvalue weighted by atomic mass is 35.5. The summed E-state index contributed by atoms with van der Waals surface area (Å²) in [6.45, 7) is 0. The third-order valence-electron chi connectivity index (χ3n) is 2.23. The maximum Gasteiger partial charge on any atom is 0.573 e. The molecule has 2 rings (SSSR count). The van der Waals surface area contributed by atoms with Gasteiger partial charge in [0.1, 0.15) is 10.9 Å². The van der Waals surface area contributed by atoms with Gasteiger partial charge in [0.2, 0.25) is 0 Å². The zero-order valence-electron chi connectivity index (χ0n) is 9.21. The highest BCUT2D eigenvalue weighted by molar-refractivity contribution is 6.42. The number of halogens is 5. The van der Waals surface area contributed by atoms with E-state index in [1.165, 1.54) is 24.4 Å². The molecule has 2 aromatic rings. The van der Waals surface area contributed by atoms with Crippen LogP contribution in [0.15, 0.2) is 36.5 Å². The zero-order valence-corrected chi connectivity index (χ0v) is 10.7. The molecule has 0 saturated carbocycles. The molecule has 0 aliphatic heterocycles. The third kappa shape index (κ3) is 3.52. The van der Waals surface area contributed by atoms with E-state index in [4.69, 9.17) is 23.2 Å². The number of alkyl halides is 3. The summed E-state index contributed by atoms with van der Waals surface area (Å²) in [4.78, 5) is 3.77. The van der Waals surface area contributed by atoms with Crippen molar-refractivity contribution in [2.24, 2.45) is 0 Å². The van der Waals surface area contributed by atoms with Crippen molar-refractivity contribution in [2.75, 3.05) is 0 Å². The first kappa shape index (κ1) is 14.0. The van der Waals surface area contributed by atoms with Gasteiger partial charge < -0.3 is 4.74 Å². The fourth-order valence-corrected chi connectivity index (χ4v) is 1.88. The van der Waals surface area contributed by atoms with Gasteiger partial charge in [-0.1, -0.05) is 35.3 Å². The van der Waals surface area contributed by atoms with E-state index in [1.54, 1.807) is 12.1 Å². The van der Waals surface area contributed by atoms with E-state index >= 15 is 0 Å². The Morgan fingerprint density at radius 1 is 1.11 bits per heavy atom. The van der Waals surface area contributed by atoms with Crippen LogP contribution >= 0.6 is 23.2 Å². The average Bonchev–Trinajstić information content (AvgIpc) is 2.31. The fraction of sp³-hybridized carbons (Fsp3) is 0.0833. The van der Waals surface area contributed by atoms with Crippen molar-refractivity contribution in [3.8, 4) is 16.9 Å². The second-order valence-corrected chi connectivity index (χ2v) is 4.27. The Morgan fingerprint density at radius 2 is 1.84 bits per heavy atom. The van der Waals surface area contributed by atoms with Crippen molar-refractivity contribution in [3.63, 3.8) is 0 Å². The lowest BCUT2D eigenvalue weighted by Gasteiger charge is -2.11. The molecule has 19 heavy (non-hydrogen) atoms. The van der Waals surface area contributed by atoms with Gasteiger partial charge in [-0.25, -0.2) is 4.98 Å². The summed E-state index contributed by atoms with van der Waals surface area (Å²) in [6, 6.07) is 7.02. The van der Waals surface area contributed by atoms with Crippen LogP contribution in [-0.4, -0.2) is 11.3 Å². The summed E-state index contributed by atoms with van der Waals surface area (Å²) < 4.78 is 40.3. The molecule has 0 aliphatic rings. The lowest BCUT2D eigenvalue weighted by molar-refractivity contribution is -0.274. The van der Waals surface area contributed by atoms with Crippen LogP contribution in [0.1, 0.15) is 0 Å². The Hall–Kier alpha value is -1.46. The molecule has 0 aliphatic carbocycles. The van der Waals surface area contributed by atoms with Gasteiger partial charge in [0.05, 0.1) is 5.02 Å². The quantitative estimate of drug-likeness (QED) is 0.732.